The number of hydrogen-bond donors (Lipinski definition) is 1. The van der Waals surface area contributed by atoms with E-state index in [1.165, 1.54) is 31.3 Å². The molecule has 11 heteroatoms. The molecule has 0 aliphatic carbocycles. The molecule has 190 valence electrons. The summed E-state index contributed by atoms with van der Waals surface area (Å²) >= 11 is 7.52. The van der Waals surface area contributed by atoms with Crippen LogP contribution in [0.25, 0.3) is 11.6 Å². The molecular formula is C26H22ClF2N5O2S. The van der Waals surface area contributed by atoms with Gasteiger partial charge in [0.05, 0.1) is 17.7 Å². The Bertz CT molecular complexity index is 1510. The number of benzene rings is 2. The predicted molar refractivity (Wildman–Crippen MR) is 136 cm³/mol. The first-order chi connectivity index (χ1) is 17.6. The molecule has 3 heterocycles. The van der Waals surface area contributed by atoms with Crippen molar-refractivity contribution in [3.63, 3.8) is 0 Å². The number of nitrogens with one attached hydrogen (secondary N) is 1. The number of halogens is 3. The number of hydrogen-bond acceptors (Lipinski definition) is 7. The third-order valence-corrected chi connectivity index (χ3v) is 7.67. The second-order valence-corrected chi connectivity index (χ2v) is 10.9. The Morgan fingerprint density at radius 2 is 1.97 bits per heavy atom. The lowest BCUT2D eigenvalue weighted by molar-refractivity contribution is 0.00809. The largest absolute Gasteiger partial charge is 0.434 e. The lowest BCUT2D eigenvalue weighted by atomic mass is 9.72. The molecule has 37 heavy (non-hydrogen) atoms. The summed E-state index contributed by atoms with van der Waals surface area (Å²) in [5.74, 6) is -1.85. The summed E-state index contributed by atoms with van der Waals surface area (Å²) in [5.41, 5.74) is 0.377. The number of nitriles is 1. The van der Waals surface area contributed by atoms with Gasteiger partial charge in [0.2, 0.25) is 0 Å². The minimum atomic E-state index is -1.64. The molecule has 0 amide bonds. The summed E-state index contributed by atoms with van der Waals surface area (Å²) in [6.07, 6.45) is 0. The second-order valence-electron chi connectivity index (χ2n) is 9.58. The van der Waals surface area contributed by atoms with Crippen molar-refractivity contribution in [3.05, 3.63) is 90.9 Å². The van der Waals surface area contributed by atoms with Crippen molar-refractivity contribution in [1.29, 1.82) is 5.26 Å². The van der Waals surface area contributed by atoms with Gasteiger partial charge >= 0.3 is 5.76 Å². The van der Waals surface area contributed by atoms with Crippen molar-refractivity contribution in [2.24, 2.45) is 5.92 Å². The first-order valence-electron chi connectivity index (χ1n) is 11.5. The number of likely N-dealkylation sites (tertiary alicyclic amines) is 1. The molecule has 4 aromatic rings. The first kappa shape index (κ1) is 25.3. The summed E-state index contributed by atoms with van der Waals surface area (Å²) in [7, 11) is 0. The molecule has 0 spiro atoms. The van der Waals surface area contributed by atoms with Crippen LogP contribution in [0, 0.1) is 23.1 Å². The van der Waals surface area contributed by atoms with Gasteiger partial charge in [-0.1, -0.05) is 23.7 Å². The van der Waals surface area contributed by atoms with E-state index in [1.54, 1.807) is 23.6 Å². The fraction of sp³-hybridized carbons (Fsp3) is 0.308. The van der Waals surface area contributed by atoms with E-state index < -0.39 is 23.2 Å². The third-order valence-electron chi connectivity index (χ3n) is 6.52. The zero-order chi connectivity index (χ0) is 26.3. The number of rotatable bonds is 7. The summed E-state index contributed by atoms with van der Waals surface area (Å²) in [6, 6.07) is 13.2. The molecular weight excluding hydrogens is 520 g/mol. The first-order valence-corrected chi connectivity index (χ1v) is 12.8. The van der Waals surface area contributed by atoms with Crippen molar-refractivity contribution < 1.29 is 13.2 Å². The molecule has 1 N–H and O–H groups in total. The Balaban J connectivity index is 1.46. The van der Waals surface area contributed by atoms with Gasteiger partial charge in [-0.3, -0.25) is 4.90 Å². The molecule has 2 atom stereocenters. The van der Waals surface area contributed by atoms with Gasteiger partial charge in [0.25, 0.3) is 5.89 Å². The van der Waals surface area contributed by atoms with Crippen molar-refractivity contribution in [1.82, 2.24) is 20.1 Å². The molecule has 1 aliphatic heterocycles. The smallest absolute Gasteiger partial charge is 0.386 e. The predicted octanol–water partition coefficient (Wildman–Crippen LogP) is 5.70. The van der Waals surface area contributed by atoms with Gasteiger partial charge in [-0.2, -0.15) is 5.26 Å². The highest BCUT2D eigenvalue weighted by Crippen LogP contribution is 2.46. The standard InChI is InChI=1S/C26H22ClF2N5O2S/c1-26(2,29)21(16-7-14(10-30)8-19(28)9-16)17-11-34(12-17)22(15-3-5-18(27)6-4-15)24-31-20(13-37-24)23-32-33-25(35)36-23/h3-9,13,17,21-22H,11-12H2,1-2H3,(H,33,35)/t21-,22-/m0/s1. The van der Waals surface area contributed by atoms with E-state index >= 15 is 4.39 Å². The van der Waals surface area contributed by atoms with E-state index in [4.69, 9.17) is 16.0 Å². The van der Waals surface area contributed by atoms with Crippen molar-refractivity contribution >= 4 is 22.9 Å². The van der Waals surface area contributed by atoms with E-state index in [9.17, 15) is 14.4 Å². The highest BCUT2D eigenvalue weighted by Gasteiger charge is 2.46. The van der Waals surface area contributed by atoms with Crippen LogP contribution in [0.4, 0.5) is 8.78 Å². The monoisotopic (exact) mass is 541 g/mol. The Kier molecular flexibility index (Phi) is 6.70. The van der Waals surface area contributed by atoms with Crippen LogP contribution < -0.4 is 5.76 Å². The zero-order valence-corrected chi connectivity index (χ0v) is 21.5. The molecule has 1 aliphatic rings. The van der Waals surface area contributed by atoms with Crippen molar-refractivity contribution in [2.75, 3.05) is 13.1 Å². The van der Waals surface area contributed by atoms with Gasteiger partial charge in [0, 0.05) is 29.4 Å². The van der Waals surface area contributed by atoms with Gasteiger partial charge in [-0.05, 0) is 61.2 Å². The van der Waals surface area contributed by atoms with Gasteiger partial charge in [0.15, 0.2) is 0 Å². The van der Waals surface area contributed by atoms with Crippen LogP contribution in [0.5, 0.6) is 0 Å². The maximum absolute atomic E-state index is 15.5. The van der Waals surface area contributed by atoms with Gasteiger partial charge < -0.3 is 4.42 Å². The number of H-pyrrole nitrogens is 1. The highest BCUT2D eigenvalue weighted by atomic mass is 35.5. The molecule has 1 saturated heterocycles. The maximum atomic E-state index is 15.5. The average molecular weight is 542 g/mol. The molecule has 0 saturated carbocycles. The molecule has 0 unspecified atom stereocenters. The zero-order valence-electron chi connectivity index (χ0n) is 19.9. The summed E-state index contributed by atoms with van der Waals surface area (Å²) in [4.78, 5) is 18.2. The second kappa shape index (κ2) is 9.82. The van der Waals surface area contributed by atoms with Crippen LogP contribution in [-0.2, 0) is 0 Å². The fourth-order valence-corrected chi connectivity index (χ4v) is 6.14. The van der Waals surface area contributed by atoms with E-state index in [-0.39, 0.29) is 23.4 Å². The third kappa shape index (κ3) is 5.21. The Hall–Kier alpha value is -3.39. The van der Waals surface area contributed by atoms with Crippen LogP contribution in [0.1, 0.15) is 47.5 Å². The number of alkyl halides is 1. The molecule has 0 radical (unpaired) electrons. The topological polar surface area (TPSA) is 98.8 Å². The van der Waals surface area contributed by atoms with Crippen LogP contribution in [0.3, 0.4) is 0 Å². The highest BCUT2D eigenvalue weighted by molar-refractivity contribution is 7.10. The molecule has 0 bridgehead atoms. The van der Waals surface area contributed by atoms with Gasteiger partial charge in [-0.15, -0.1) is 16.4 Å². The van der Waals surface area contributed by atoms with E-state index in [1.807, 2.05) is 18.2 Å². The molecule has 5 rings (SSSR count). The lowest BCUT2D eigenvalue weighted by Gasteiger charge is -2.49. The SMILES string of the molecule is CC(C)(F)[C@@H](c1cc(F)cc(C#N)c1)C1CN([C@@H](c2ccc(Cl)cc2)c2nc(-c3n[nH]c(=O)o3)cs2)C1. The van der Waals surface area contributed by atoms with Crippen LogP contribution in [0.2, 0.25) is 5.02 Å². The maximum Gasteiger partial charge on any atom is 0.434 e. The van der Waals surface area contributed by atoms with E-state index in [0.29, 0.717) is 29.4 Å². The van der Waals surface area contributed by atoms with E-state index in [0.717, 1.165) is 16.6 Å². The number of thiazole rings is 1. The van der Waals surface area contributed by atoms with Crippen molar-refractivity contribution in [2.45, 2.75) is 31.5 Å². The van der Waals surface area contributed by atoms with Gasteiger partial charge in [-0.25, -0.2) is 23.7 Å². The normalized spacial score (nSPS) is 16.2. The van der Waals surface area contributed by atoms with Crippen LogP contribution >= 0.6 is 22.9 Å². The quantitative estimate of drug-likeness (QED) is 0.322. The Morgan fingerprint density at radius 3 is 2.59 bits per heavy atom. The van der Waals surface area contributed by atoms with Crippen LogP contribution in [-0.4, -0.2) is 38.8 Å². The van der Waals surface area contributed by atoms with Gasteiger partial charge in [0.1, 0.15) is 22.2 Å². The summed E-state index contributed by atoms with van der Waals surface area (Å²) in [6.45, 7) is 4.02. The van der Waals surface area contributed by atoms with Crippen LogP contribution in [0.15, 0.2) is 57.1 Å². The molecule has 7 nitrogen and oxygen atoms in total. The number of aromatic amines is 1. The minimum absolute atomic E-state index is 0.0995. The Labute approximate surface area is 220 Å². The Morgan fingerprint density at radius 1 is 1.24 bits per heavy atom. The molecule has 2 aromatic heterocycles. The minimum Gasteiger partial charge on any atom is -0.386 e. The fourth-order valence-electron chi connectivity index (χ4n) is 5.06. The summed E-state index contributed by atoms with van der Waals surface area (Å²) in [5, 5.41) is 18.5. The number of aromatic nitrogens is 3. The summed E-state index contributed by atoms with van der Waals surface area (Å²) < 4.78 is 34.8. The molecule has 1 fully saturated rings. The lowest BCUT2D eigenvalue weighted by Crippen LogP contribution is -2.53. The average Bonchev–Trinajstić information content (AvgIpc) is 3.46. The number of nitrogens with zero attached hydrogens (tertiary/aromatic N) is 4. The molecule has 2 aromatic carbocycles. The van der Waals surface area contributed by atoms with Crippen molar-refractivity contribution in [3.8, 4) is 17.7 Å². The van der Waals surface area contributed by atoms with E-state index in [2.05, 4.69) is 20.1 Å².